The first-order valence-electron chi connectivity index (χ1n) is 8.54. The molecule has 1 saturated carbocycles. The van der Waals surface area contributed by atoms with Crippen LogP contribution in [0.15, 0.2) is 0 Å². The Kier molecular flexibility index (Phi) is 5.15. The summed E-state index contributed by atoms with van der Waals surface area (Å²) >= 11 is 0. The summed E-state index contributed by atoms with van der Waals surface area (Å²) in [6.45, 7) is 5.60. The zero-order valence-electron chi connectivity index (χ0n) is 13.0. The zero-order valence-corrected chi connectivity index (χ0v) is 14.0. The molecule has 0 aromatic rings. The standard InChI is InChI=1S/C15H30N2O2Si/c1-18-20(16-10-4-5-11-16,17-12-6-7-13-17)19-14-15-8-2-3-9-15/h15H,2-14H2,1H3. The van der Waals surface area contributed by atoms with Gasteiger partial charge < -0.3 is 8.85 Å². The van der Waals surface area contributed by atoms with Crippen LogP contribution in [-0.2, 0) is 8.85 Å². The molecule has 0 N–H and O–H groups in total. The molecule has 3 aliphatic rings. The second-order valence-electron chi connectivity index (χ2n) is 6.60. The minimum absolute atomic E-state index is 0.780. The minimum Gasteiger partial charge on any atom is -0.374 e. The molecule has 0 aromatic heterocycles. The van der Waals surface area contributed by atoms with E-state index in [9.17, 15) is 0 Å². The van der Waals surface area contributed by atoms with Crippen LogP contribution in [-0.4, -0.2) is 57.9 Å². The number of nitrogens with zero attached hydrogens (tertiary/aromatic N) is 2. The van der Waals surface area contributed by atoms with E-state index in [2.05, 4.69) is 9.13 Å². The van der Waals surface area contributed by atoms with Gasteiger partial charge in [0, 0.05) is 13.7 Å². The van der Waals surface area contributed by atoms with Crippen LogP contribution in [0.4, 0.5) is 0 Å². The third kappa shape index (κ3) is 2.97. The number of hydrogen-bond donors (Lipinski definition) is 0. The van der Waals surface area contributed by atoms with Crippen molar-refractivity contribution < 1.29 is 8.85 Å². The van der Waals surface area contributed by atoms with Crippen molar-refractivity contribution in [1.29, 1.82) is 0 Å². The molecule has 116 valence electrons. The van der Waals surface area contributed by atoms with E-state index in [0.717, 1.165) is 12.5 Å². The molecule has 0 aromatic carbocycles. The van der Waals surface area contributed by atoms with Gasteiger partial charge in [-0.05, 0) is 70.6 Å². The van der Waals surface area contributed by atoms with Crippen molar-refractivity contribution in [3.8, 4) is 0 Å². The maximum atomic E-state index is 6.60. The molecular weight excluding hydrogens is 268 g/mol. The average molecular weight is 299 g/mol. The normalized spacial score (nSPS) is 26.9. The molecule has 5 heteroatoms. The Labute approximate surface area is 124 Å². The lowest BCUT2D eigenvalue weighted by molar-refractivity contribution is 0.0732. The smallest absolute Gasteiger partial charge is 0.374 e. The van der Waals surface area contributed by atoms with Gasteiger partial charge in [-0.1, -0.05) is 12.8 Å². The van der Waals surface area contributed by atoms with Crippen LogP contribution in [0.2, 0.25) is 0 Å². The molecule has 3 fully saturated rings. The Bertz CT molecular complexity index is 282. The highest BCUT2D eigenvalue weighted by Crippen LogP contribution is 2.30. The molecule has 1 aliphatic carbocycles. The van der Waals surface area contributed by atoms with Gasteiger partial charge in [0.05, 0.1) is 0 Å². The van der Waals surface area contributed by atoms with Crippen molar-refractivity contribution in [3.63, 3.8) is 0 Å². The predicted molar refractivity (Wildman–Crippen MR) is 82.3 cm³/mol. The van der Waals surface area contributed by atoms with E-state index in [-0.39, 0.29) is 0 Å². The molecule has 0 bridgehead atoms. The molecule has 0 radical (unpaired) electrons. The highest BCUT2D eigenvalue weighted by atomic mass is 28.4. The molecule has 0 spiro atoms. The monoisotopic (exact) mass is 298 g/mol. The summed E-state index contributed by atoms with van der Waals surface area (Å²) in [6.07, 6.45) is 10.7. The first-order valence-corrected chi connectivity index (χ1v) is 10.3. The van der Waals surface area contributed by atoms with Crippen molar-refractivity contribution in [3.05, 3.63) is 0 Å². The third-order valence-electron chi connectivity index (χ3n) is 5.26. The van der Waals surface area contributed by atoms with Gasteiger partial charge in [-0.2, -0.15) is 0 Å². The molecule has 2 saturated heterocycles. The van der Waals surface area contributed by atoms with Crippen molar-refractivity contribution in [2.24, 2.45) is 5.92 Å². The van der Waals surface area contributed by atoms with Gasteiger partial charge in [-0.15, -0.1) is 0 Å². The number of hydrogen-bond acceptors (Lipinski definition) is 4. The Morgan fingerprint density at radius 1 is 0.850 bits per heavy atom. The maximum Gasteiger partial charge on any atom is 0.522 e. The van der Waals surface area contributed by atoms with E-state index in [1.54, 1.807) is 0 Å². The molecule has 4 nitrogen and oxygen atoms in total. The summed E-state index contributed by atoms with van der Waals surface area (Å²) in [5.74, 6) is 0.780. The third-order valence-corrected chi connectivity index (χ3v) is 8.83. The average Bonchev–Trinajstić information content (AvgIpc) is 3.24. The van der Waals surface area contributed by atoms with Gasteiger partial charge in [0.15, 0.2) is 0 Å². The van der Waals surface area contributed by atoms with Crippen LogP contribution in [0.5, 0.6) is 0 Å². The molecule has 0 unspecified atom stereocenters. The van der Waals surface area contributed by atoms with E-state index in [0.29, 0.717) is 0 Å². The quantitative estimate of drug-likeness (QED) is 0.703. The SMILES string of the molecule is CO[Si](OCC1CCCC1)(N1CCCC1)N1CCCC1. The van der Waals surface area contributed by atoms with Gasteiger partial charge in [-0.25, -0.2) is 0 Å². The van der Waals surface area contributed by atoms with Crippen LogP contribution in [0.1, 0.15) is 51.4 Å². The Morgan fingerprint density at radius 3 is 1.80 bits per heavy atom. The topological polar surface area (TPSA) is 24.9 Å². The molecular formula is C15H30N2O2Si. The molecule has 2 heterocycles. The highest BCUT2D eigenvalue weighted by Gasteiger charge is 2.53. The maximum absolute atomic E-state index is 6.60. The van der Waals surface area contributed by atoms with Gasteiger partial charge in [0.2, 0.25) is 0 Å². The Balaban J connectivity index is 1.69. The van der Waals surface area contributed by atoms with Gasteiger partial charge in [0.25, 0.3) is 0 Å². The molecule has 20 heavy (non-hydrogen) atoms. The Morgan fingerprint density at radius 2 is 1.35 bits per heavy atom. The van der Waals surface area contributed by atoms with Crippen LogP contribution in [0.3, 0.4) is 0 Å². The molecule has 0 amide bonds. The highest BCUT2D eigenvalue weighted by molar-refractivity contribution is 6.61. The minimum atomic E-state index is -2.30. The predicted octanol–water partition coefficient (Wildman–Crippen LogP) is 2.47. The summed E-state index contributed by atoms with van der Waals surface area (Å²) in [6, 6.07) is 0. The van der Waals surface area contributed by atoms with Crippen molar-refractivity contribution in [2.75, 3.05) is 39.9 Å². The number of rotatable bonds is 6. The second kappa shape index (κ2) is 6.88. The lowest BCUT2D eigenvalue weighted by atomic mass is 10.1. The largest absolute Gasteiger partial charge is 0.522 e. The first-order chi connectivity index (χ1) is 9.85. The Hall–Kier alpha value is 0.0569. The van der Waals surface area contributed by atoms with E-state index in [1.165, 1.54) is 77.5 Å². The summed E-state index contributed by atoms with van der Waals surface area (Å²) in [7, 11) is -0.418. The molecule has 3 rings (SSSR count). The van der Waals surface area contributed by atoms with E-state index >= 15 is 0 Å². The van der Waals surface area contributed by atoms with Gasteiger partial charge >= 0.3 is 8.88 Å². The summed E-state index contributed by atoms with van der Waals surface area (Å²) in [5, 5.41) is 0. The molecule has 0 atom stereocenters. The van der Waals surface area contributed by atoms with Crippen molar-refractivity contribution >= 4 is 8.88 Å². The van der Waals surface area contributed by atoms with Crippen LogP contribution in [0, 0.1) is 5.92 Å². The summed E-state index contributed by atoms with van der Waals surface area (Å²) in [5.41, 5.74) is 0. The lowest BCUT2D eigenvalue weighted by Crippen LogP contribution is -2.68. The van der Waals surface area contributed by atoms with E-state index in [1.807, 2.05) is 7.11 Å². The van der Waals surface area contributed by atoms with Crippen LogP contribution >= 0.6 is 0 Å². The van der Waals surface area contributed by atoms with E-state index < -0.39 is 8.88 Å². The zero-order chi connectivity index (χ0) is 13.8. The first kappa shape index (κ1) is 15.0. The fourth-order valence-electron chi connectivity index (χ4n) is 4.10. The lowest BCUT2D eigenvalue weighted by Gasteiger charge is -2.42. The van der Waals surface area contributed by atoms with E-state index in [4.69, 9.17) is 8.85 Å². The van der Waals surface area contributed by atoms with Gasteiger partial charge in [0.1, 0.15) is 0 Å². The van der Waals surface area contributed by atoms with Gasteiger partial charge in [-0.3, -0.25) is 9.13 Å². The summed E-state index contributed by atoms with van der Waals surface area (Å²) < 4.78 is 17.9. The fraction of sp³-hybridized carbons (Fsp3) is 1.00. The van der Waals surface area contributed by atoms with Crippen molar-refractivity contribution in [1.82, 2.24) is 9.13 Å². The fourth-order valence-corrected chi connectivity index (χ4v) is 7.72. The summed E-state index contributed by atoms with van der Waals surface area (Å²) in [4.78, 5) is 0. The van der Waals surface area contributed by atoms with Crippen molar-refractivity contribution in [2.45, 2.75) is 51.4 Å². The van der Waals surface area contributed by atoms with Crippen LogP contribution in [0.25, 0.3) is 0 Å². The molecule has 2 aliphatic heterocycles. The van der Waals surface area contributed by atoms with Crippen LogP contribution < -0.4 is 0 Å². The second-order valence-corrected chi connectivity index (χ2v) is 9.66.